The average Bonchev–Trinajstić information content (AvgIpc) is 3.75. The minimum atomic E-state index is -0.529. The molecule has 0 saturated heterocycles. The largest absolute Gasteiger partial charge is 0.310 e. The highest BCUT2D eigenvalue weighted by atomic mass is 15.1. The summed E-state index contributed by atoms with van der Waals surface area (Å²) in [6.07, 6.45) is 0. The number of benzene rings is 10. The highest BCUT2D eigenvalue weighted by Gasteiger charge is 2.47. The zero-order valence-corrected chi connectivity index (χ0v) is 34.3. The molecule has 0 aromatic heterocycles. The smallest absolute Gasteiger partial charge is 0.0714 e. The summed E-state index contributed by atoms with van der Waals surface area (Å²) in [4.78, 5) is 2.58. The first kappa shape index (κ1) is 35.5. The maximum Gasteiger partial charge on any atom is 0.0714 e. The molecule has 0 aliphatic heterocycles. The van der Waals surface area contributed by atoms with Crippen LogP contribution in [-0.4, -0.2) is 0 Å². The van der Waals surface area contributed by atoms with Crippen LogP contribution in [0.4, 0.5) is 17.1 Å². The zero-order chi connectivity index (χ0) is 40.7. The van der Waals surface area contributed by atoms with Crippen LogP contribution in [0.2, 0.25) is 0 Å². The molecule has 1 nitrogen and oxygen atoms in total. The zero-order valence-electron chi connectivity index (χ0n) is 34.3. The summed E-state index contributed by atoms with van der Waals surface area (Å²) in [6.45, 7) is 4.86. The molecule has 0 heterocycles. The van der Waals surface area contributed by atoms with Crippen molar-refractivity contribution in [3.05, 3.63) is 258 Å². The Hall–Kier alpha value is -7.48. The lowest BCUT2D eigenvalue weighted by Gasteiger charge is -2.36. The van der Waals surface area contributed by atoms with E-state index in [9.17, 15) is 0 Å². The topological polar surface area (TPSA) is 3.24 Å². The summed E-state index contributed by atoms with van der Waals surface area (Å²) in [5, 5.41) is 5.07. The lowest BCUT2D eigenvalue weighted by atomic mass is 9.67. The van der Waals surface area contributed by atoms with Crippen LogP contribution in [0, 0.1) is 0 Å². The molecule has 0 fully saturated rings. The molecular formula is C60H43N. The Kier molecular flexibility index (Phi) is 7.86. The van der Waals surface area contributed by atoms with Crippen molar-refractivity contribution in [2.45, 2.75) is 24.7 Å². The Morgan fingerprint density at radius 2 is 0.836 bits per heavy atom. The molecule has 1 heteroatoms. The highest BCUT2D eigenvalue weighted by Crippen LogP contribution is 2.60. The summed E-state index contributed by atoms with van der Waals surface area (Å²) in [5.74, 6) is 0. The van der Waals surface area contributed by atoms with Gasteiger partial charge in [0, 0.05) is 16.7 Å². The summed E-state index contributed by atoms with van der Waals surface area (Å²) in [6, 6.07) is 83.6. The van der Waals surface area contributed by atoms with Crippen LogP contribution in [0.1, 0.15) is 47.2 Å². The van der Waals surface area contributed by atoms with Gasteiger partial charge in [0.15, 0.2) is 0 Å². The van der Waals surface area contributed by atoms with Crippen LogP contribution in [-0.2, 0) is 10.8 Å². The Bertz CT molecular complexity index is 3290. The first-order valence-electron chi connectivity index (χ1n) is 21.4. The van der Waals surface area contributed by atoms with Gasteiger partial charge in [-0.3, -0.25) is 0 Å². The third-order valence-corrected chi connectivity index (χ3v) is 13.7. The van der Waals surface area contributed by atoms with E-state index < -0.39 is 5.41 Å². The molecule has 0 atom stereocenters. The standard InChI is InChI=1S/C60H43N/c1-59(2)57-46-27-12-10-20-41(46)35-37-52(57)51-31-18-34-56(58(51)59)61(55-33-16-14-29-50(55)47-30-17-21-40-19-9-11-26-45(40)47)44-36-38-49-48-28-13-15-32-53(48)60(54(49)39-44,42-22-5-3-6-23-42)43-24-7-4-8-25-43/h3-39H,1-2H3. The van der Waals surface area contributed by atoms with Gasteiger partial charge >= 0.3 is 0 Å². The van der Waals surface area contributed by atoms with Gasteiger partial charge in [0.05, 0.1) is 16.8 Å². The molecule has 0 amide bonds. The Morgan fingerprint density at radius 3 is 1.61 bits per heavy atom. The van der Waals surface area contributed by atoms with E-state index in [0.717, 1.165) is 11.4 Å². The molecule has 288 valence electrons. The van der Waals surface area contributed by atoms with Crippen LogP contribution in [0.15, 0.2) is 224 Å². The van der Waals surface area contributed by atoms with Gasteiger partial charge in [0.2, 0.25) is 0 Å². The van der Waals surface area contributed by atoms with E-state index >= 15 is 0 Å². The van der Waals surface area contributed by atoms with Gasteiger partial charge in [0.25, 0.3) is 0 Å². The van der Waals surface area contributed by atoms with Crippen molar-refractivity contribution in [3.8, 4) is 33.4 Å². The lowest BCUT2D eigenvalue weighted by Crippen LogP contribution is -2.29. The second kappa shape index (κ2) is 13.5. The average molecular weight is 778 g/mol. The molecule has 10 aromatic carbocycles. The van der Waals surface area contributed by atoms with Gasteiger partial charge < -0.3 is 4.90 Å². The SMILES string of the molecule is CC1(C)c2c(cccc2N(c2ccc3c(c2)C(c2ccccc2)(c2ccccc2)c2ccccc2-3)c2ccccc2-c2cccc3ccccc23)-c2ccc3ccccc3c21. The van der Waals surface area contributed by atoms with Crippen LogP contribution in [0.3, 0.4) is 0 Å². The van der Waals surface area contributed by atoms with Gasteiger partial charge in [-0.05, 0) is 107 Å². The molecule has 0 bridgehead atoms. The van der Waals surface area contributed by atoms with E-state index in [4.69, 9.17) is 0 Å². The summed E-state index contributed by atoms with van der Waals surface area (Å²) < 4.78 is 0. The van der Waals surface area contributed by atoms with Crippen molar-refractivity contribution < 1.29 is 0 Å². The third-order valence-electron chi connectivity index (χ3n) is 13.7. The van der Waals surface area contributed by atoms with Crippen molar-refractivity contribution in [2.75, 3.05) is 4.90 Å². The minimum Gasteiger partial charge on any atom is -0.310 e. The third kappa shape index (κ3) is 5.08. The van der Waals surface area contributed by atoms with E-state index in [1.807, 2.05) is 0 Å². The number of para-hydroxylation sites is 1. The normalized spacial score (nSPS) is 14.0. The van der Waals surface area contributed by atoms with Gasteiger partial charge in [-0.1, -0.05) is 214 Å². The molecule has 0 radical (unpaired) electrons. The molecule has 2 aliphatic carbocycles. The Balaban J connectivity index is 1.18. The molecule has 10 aromatic rings. The Morgan fingerprint density at radius 1 is 0.328 bits per heavy atom. The molecular weight excluding hydrogens is 735 g/mol. The van der Waals surface area contributed by atoms with Crippen LogP contribution in [0.25, 0.3) is 54.9 Å². The van der Waals surface area contributed by atoms with E-state index in [1.54, 1.807) is 0 Å². The van der Waals surface area contributed by atoms with Crippen LogP contribution < -0.4 is 4.90 Å². The molecule has 2 aliphatic rings. The van der Waals surface area contributed by atoms with E-state index in [2.05, 4.69) is 243 Å². The molecule has 0 spiro atoms. The number of hydrogen-bond donors (Lipinski definition) is 0. The van der Waals surface area contributed by atoms with Crippen molar-refractivity contribution in [3.63, 3.8) is 0 Å². The van der Waals surface area contributed by atoms with Crippen molar-refractivity contribution >= 4 is 38.6 Å². The predicted octanol–water partition coefficient (Wildman–Crippen LogP) is 15.8. The molecule has 61 heavy (non-hydrogen) atoms. The maximum atomic E-state index is 2.58. The fourth-order valence-corrected chi connectivity index (χ4v) is 11.2. The number of anilines is 3. The highest BCUT2D eigenvalue weighted by molar-refractivity contribution is 6.04. The second-order valence-electron chi connectivity index (χ2n) is 17.2. The summed E-state index contributed by atoms with van der Waals surface area (Å²) in [7, 11) is 0. The van der Waals surface area contributed by atoms with Crippen LogP contribution in [0.5, 0.6) is 0 Å². The molecule has 0 saturated carbocycles. The number of hydrogen-bond acceptors (Lipinski definition) is 1. The van der Waals surface area contributed by atoms with Crippen molar-refractivity contribution in [2.24, 2.45) is 0 Å². The summed E-state index contributed by atoms with van der Waals surface area (Å²) >= 11 is 0. The fraction of sp³-hybridized carbons (Fsp3) is 0.0667. The number of nitrogens with zero attached hydrogens (tertiary/aromatic N) is 1. The monoisotopic (exact) mass is 777 g/mol. The second-order valence-corrected chi connectivity index (χ2v) is 17.2. The van der Waals surface area contributed by atoms with E-state index in [-0.39, 0.29) is 5.41 Å². The lowest BCUT2D eigenvalue weighted by molar-refractivity contribution is 0.666. The van der Waals surface area contributed by atoms with E-state index in [0.29, 0.717) is 0 Å². The summed E-state index contributed by atoms with van der Waals surface area (Å²) in [5.41, 5.74) is 18.1. The quantitative estimate of drug-likeness (QED) is 0.163. The van der Waals surface area contributed by atoms with Crippen molar-refractivity contribution in [1.29, 1.82) is 0 Å². The number of rotatable bonds is 6. The Labute approximate surface area is 357 Å². The fourth-order valence-electron chi connectivity index (χ4n) is 11.2. The molecule has 0 N–H and O–H groups in total. The molecule has 0 unspecified atom stereocenters. The number of fused-ring (bicyclic) bond motifs is 9. The van der Waals surface area contributed by atoms with E-state index in [1.165, 1.54) is 94.0 Å². The maximum absolute atomic E-state index is 2.58. The minimum absolute atomic E-state index is 0.292. The van der Waals surface area contributed by atoms with Gasteiger partial charge in [-0.2, -0.15) is 0 Å². The molecule has 12 rings (SSSR count). The van der Waals surface area contributed by atoms with Crippen molar-refractivity contribution in [1.82, 2.24) is 0 Å². The van der Waals surface area contributed by atoms with Gasteiger partial charge in [0.1, 0.15) is 0 Å². The van der Waals surface area contributed by atoms with Gasteiger partial charge in [-0.15, -0.1) is 0 Å². The first-order valence-corrected chi connectivity index (χ1v) is 21.4. The van der Waals surface area contributed by atoms with Gasteiger partial charge in [-0.25, -0.2) is 0 Å². The first-order chi connectivity index (χ1) is 30.0. The van der Waals surface area contributed by atoms with Crippen LogP contribution >= 0.6 is 0 Å². The predicted molar refractivity (Wildman–Crippen MR) is 256 cm³/mol.